The van der Waals surface area contributed by atoms with Crippen LogP contribution in [0.15, 0.2) is 0 Å². The molecule has 0 bridgehead atoms. The molecule has 3 nitrogen and oxygen atoms in total. The van der Waals surface area contributed by atoms with Gasteiger partial charge >= 0.3 is 0 Å². The Labute approximate surface area is 104 Å². The molecule has 0 amide bonds. The maximum atomic E-state index is 4.74. The van der Waals surface area contributed by atoms with Crippen LogP contribution in [-0.2, 0) is 6.42 Å². The Kier molecular flexibility index (Phi) is 3.11. The number of anilines is 1. The van der Waals surface area contributed by atoms with E-state index in [1.165, 1.54) is 17.7 Å². The monoisotopic (exact) mass is 233 g/mol. The van der Waals surface area contributed by atoms with Gasteiger partial charge < -0.3 is 5.32 Å². The summed E-state index contributed by atoms with van der Waals surface area (Å²) in [6, 6.07) is 0. The van der Waals surface area contributed by atoms with Gasteiger partial charge in [-0.15, -0.1) is 0 Å². The summed E-state index contributed by atoms with van der Waals surface area (Å²) in [6.07, 6.45) is 2.19. The van der Waals surface area contributed by atoms with Crippen molar-refractivity contribution >= 4 is 5.82 Å². The number of nitrogens with one attached hydrogen (secondary N) is 1. The molecular weight excluding hydrogens is 210 g/mol. The summed E-state index contributed by atoms with van der Waals surface area (Å²) in [6.45, 7) is 11.9. The van der Waals surface area contributed by atoms with Gasteiger partial charge in [-0.25, -0.2) is 9.97 Å². The van der Waals surface area contributed by atoms with Crippen molar-refractivity contribution in [2.45, 2.75) is 53.4 Å². The maximum absolute atomic E-state index is 4.74. The molecule has 94 valence electrons. The molecule has 1 aromatic rings. The lowest BCUT2D eigenvalue weighted by Crippen LogP contribution is -2.09. The van der Waals surface area contributed by atoms with Gasteiger partial charge in [0.05, 0.1) is 0 Å². The van der Waals surface area contributed by atoms with E-state index in [1.807, 2.05) is 0 Å². The molecule has 1 atom stereocenters. The molecule has 17 heavy (non-hydrogen) atoms. The van der Waals surface area contributed by atoms with Crippen molar-refractivity contribution in [2.75, 3.05) is 11.9 Å². The van der Waals surface area contributed by atoms with E-state index in [-0.39, 0.29) is 0 Å². The second kappa shape index (κ2) is 4.28. The fourth-order valence-corrected chi connectivity index (χ4v) is 2.33. The second-order valence-corrected chi connectivity index (χ2v) is 5.63. The van der Waals surface area contributed by atoms with E-state index in [9.17, 15) is 0 Å². The smallest absolute Gasteiger partial charge is 0.134 e. The molecule has 1 heterocycles. The summed E-state index contributed by atoms with van der Waals surface area (Å²) in [5.41, 5.74) is 2.79. The minimum absolute atomic E-state index is 0.393. The summed E-state index contributed by atoms with van der Waals surface area (Å²) in [5, 5.41) is 3.35. The molecule has 3 heteroatoms. The highest BCUT2D eigenvalue weighted by Crippen LogP contribution is 2.57. The van der Waals surface area contributed by atoms with Crippen molar-refractivity contribution in [1.29, 1.82) is 0 Å². The third-order valence-electron chi connectivity index (χ3n) is 3.77. The van der Waals surface area contributed by atoms with Crippen LogP contribution in [0.4, 0.5) is 5.82 Å². The summed E-state index contributed by atoms with van der Waals surface area (Å²) in [7, 11) is 0. The predicted octanol–water partition coefficient (Wildman–Crippen LogP) is 3.29. The van der Waals surface area contributed by atoms with E-state index >= 15 is 0 Å². The number of aromatic nitrogens is 2. The molecule has 1 aliphatic carbocycles. The van der Waals surface area contributed by atoms with Crippen LogP contribution in [0.2, 0.25) is 0 Å². The third-order valence-corrected chi connectivity index (χ3v) is 3.77. The van der Waals surface area contributed by atoms with Gasteiger partial charge in [0.2, 0.25) is 0 Å². The largest absolute Gasteiger partial charge is 0.370 e. The van der Waals surface area contributed by atoms with Gasteiger partial charge in [0.1, 0.15) is 11.6 Å². The van der Waals surface area contributed by atoms with Gasteiger partial charge in [-0.05, 0) is 32.1 Å². The van der Waals surface area contributed by atoms with Gasteiger partial charge in [-0.2, -0.15) is 0 Å². The molecule has 0 saturated heterocycles. The molecule has 0 spiro atoms. The lowest BCUT2D eigenvalue weighted by atomic mass is 10.1. The zero-order valence-electron chi connectivity index (χ0n) is 11.6. The zero-order chi connectivity index (χ0) is 12.6. The maximum Gasteiger partial charge on any atom is 0.134 e. The van der Waals surface area contributed by atoms with E-state index < -0.39 is 0 Å². The highest BCUT2D eigenvalue weighted by molar-refractivity contribution is 5.46. The van der Waals surface area contributed by atoms with E-state index in [0.29, 0.717) is 11.3 Å². The van der Waals surface area contributed by atoms with Crippen molar-refractivity contribution in [3.05, 3.63) is 17.1 Å². The number of nitrogens with zero attached hydrogens (tertiary/aromatic N) is 2. The number of hydrogen-bond donors (Lipinski definition) is 1. The molecular formula is C14H23N3. The Balaban J connectivity index is 2.37. The van der Waals surface area contributed by atoms with Gasteiger partial charge in [0.25, 0.3) is 0 Å². The normalized spacial score (nSPS) is 21.4. The van der Waals surface area contributed by atoms with Crippen LogP contribution >= 0.6 is 0 Å². The first-order valence-corrected chi connectivity index (χ1v) is 6.60. The number of rotatable bonds is 4. The summed E-state index contributed by atoms with van der Waals surface area (Å²) >= 11 is 0. The number of aryl methyl sites for hydroxylation is 1. The van der Waals surface area contributed by atoms with Crippen molar-refractivity contribution in [3.63, 3.8) is 0 Å². The highest BCUT2D eigenvalue weighted by atomic mass is 15.0. The fourth-order valence-electron chi connectivity index (χ4n) is 2.33. The van der Waals surface area contributed by atoms with Crippen LogP contribution in [0.1, 0.15) is 57.1 Å². The molecule has 1 fully saturated rings. The van der Waals surface area contributed by atoms with Crippen LogP contribution < -0.4 is 5.32 Å². The molecule has 1 unspecified atom stereocenters. The van der Waals surface area contributed by atoms with Crippen LogP contribution in [-0.4, -0.2) is 16.5 Å². The lowest BCUT2D eigenvalue weighted by Gasteiger charge is -2.13. The van der Waals surface area contributed by atoms with E-state index in [4.69, 9.17) is 9.97 Å². The molecule has 2 rings (SSSR count). The standard InChI is InChI=1S/C14H23N3/c1-6-11-9(3)12(15-7-2)17-13(16-11)10-8-14(10,4)5/h10H,6-8H2,1-5H3,(H,15,16,17). The minimum atomic E-state index is 0.393. The Morgan fingerprint density at radius 1 is 1.29 bits per heavy atom. The van der Waals surface area contributed by atoms with Crippen molar-refractivity contribution in [1.82, 2.24) is 9.97 Å². The van der Waals surface area contributed by atoms with Crippen LogP contribution in [0.25, 0.3) is 0 Å². The Hall–Kier alpha value is -1.12. The third kappa shape index (κ3) is 2.28. The van der Waals surface area contributed by atoms with Crippen molar-refractivity contribution in [3.8, 4) is 0 Å². The topological polar surface area (TPSA) is 37.8 Å². The predicted molar refractivity (Wildman–Crippen MR) is 71.4 cm³/mol. The first kappa shape index (κ1) is 12.3. The molecule has 1 aliphatic rings. The average Bonchev–Trinajstić information content (AvgIpc) is 2.91. The molecule has 0 aromatic carbocycles. The Morgan fingerprint density at radius 3 is 2.41 bits per heavy atom. The SMILES string of the molecule is CCNc1nc(C2CC2(C)C)nc(CC)c1C. The molecule has 0 radical (unpaired) electrons. The van der Waals surface area contributed by atoms with Crippen LogP contribution in [0, 0.1) is 12.3 Å². The van der Waals surface area contributed by atoms with E-state index in [1.54, 1.807) is 0 Å². The van der Waals surface area contributed by atoms with Crippen LogP contribution in [0.3, 0.4) is 0 Å². The molecule has 0 aliphatic heterocycles. The van der Waals surface area contributed by atoms with Crippen molar-refractivity contribution in [2.24, 2.45) is 5.41 Å². The van der Waals surface area contributed by atoms with Crippen molar-refractivity contribution < 1.29 is 0 Å². The Morgan fingerprint density at radius 2 is 1.94 bits per heavy atom. The van der Waals surface area contributed by atoms with Crippen LogP contribution in [0.5, 0.6) is 0 Å². The Bertz CT molecular complexity index is 424. The second-order valence-electron chi connectivity index (χ2n) is 5.63. The lowest BCUT2D eigenvalue weighted by molar-refractivity contribution is 0.606. The van der Waals surface area contributed by atoms with Gasteiger partial charge in [0.15, 0.2) is 0 Å². The molecule has 1 N–H and O–H groups in total. The number of hydrogen-bond acceptors (Lipinski definition) is 3. The van der Waals surface area contributed by atoms with Gasteiger partial charge in [0, 0.05) is 23.7 Å². The summed E-state index contributed by atoms with van der Waals surface area (Å²) < 4.78 is 0. The highest BCUT2D eigenvalue weighted by Gasteiger charge is 2.48. The van der Waals surface area contributed by atoms with Gasteiger partial charge in [-0.1, -0.05) is 20.8 Å². The first-order valence-electron chi connectivity index (χ1n) is 6.60. The van der Waals surface area contributed by atoms with E-state index in [0.717, 1.165) is 24.6 Å². The molecule has 1 aromatic heterocycles. The minimum Gasteiger partial charge on any atom is -0.370 e. The first-order chi connectivity index (χ1) is 7.99. The van der Waals surface area contributed by atoms with E-state index in [2.05, 4.69) is 39.9 Å². The fraction of sp³-hybridized carbons (Fsp3) is 0.714. The summed E-state index contributed by atoms with van der Waals surface area (Å²) in [4.78, 5) is 9.45. The molecule has 1 saturated carbocycles. The quantitative estimate of drug-likeness (QED) is 0.867. The zero-order valence-corrected chi connectivity index (χ0v) is 11.6. The van der Waals surface area contributed by atoms with Gasteiger partial charge in [-0.3, -0.25) is 0 Å². The summed E-state index contributed by atoms with van der Waals surface area (Å²) in [5.74, 6) is 2.61. The average molecular weight is 233 g/mol.